The Morgan fingerprint density at radius 2 is 2.05 bits per heavy atom. The first-order chi connectivity index (χ1) is 10.4. The lowest BCUT2D eigenvalue weighted by atomic mass is 10.0. The molecule has 1 aromatic carbocycles. The van der Waals surface area contributed by atoms with Crippen molar-refractivity contribution in [2.24, 2.45) is 5.92 Å². The molecule has 0 fully saturated rings. The van der Waals surface area contributed by atoms with Gasteiger partial charge in [-0.25, -0.2) is 4.79 Å². The molecule has 0 saturated carbocycles. The molecule has 0 radical (unpaired) electrons. The third-order valence-corrected chi connectivity index (χ3v) is 4.60. The number of carbonyl (C=O) groups is 3. The molecule has 0 unspecified atom stereocenters. The van der Waals surface area contributed by atoms with Crippen LogP contribution in [0.15, 0.2) is 29.2 Å². The standard InChI is InChI=1S/C15H18N2O4S/c1-8(2)13(15(20)21)17-12(18)7-11-14(19)16-9-5-3-4-6-10(9)22-11/h3-6,8,11,13H,7H2,1-2H3,(H,16,19)(H,17,18)(H,20,21)/t11-,13+/m1/s1. The number of rotatable bonds is 5. The van der Waals surface area contributed by atoms with Gasteiger partial charge in [-0.2, -0.15) is 0 Å². The maximum absolute atomic E-state index is 12.0. The fourth-order valence-corrected chi connectivity index (χ4v) is 3.25. The molecule has 118 valence electrons. The van der Waals surface area contributed by atoms with Crippen LogP contribution >= 0.6 is 11.8 Å². The number of amides is 2. The third kappa shape index (κ3) is 3.79. The van der Waals surface area contributed by atoms with Gasteiger partial charge in [0, 0.05) is 11.3 Å². The molecule has 0 aromatic heterocycles. The lowest BCUT2D eigenvalue weighted by Crippen LogP contribution is -2.46. The number of carboxylic acids is 1. The van der Waals surface area contributed by atoms with E-state index in [9.17, 15) is 14.4 Å². The molecule has 0 saturated heterocycles. The average molecular weight is 322 g/mol. The predicted molar refractivity (Wildman–Crippen MR) is 83.7 cm³/mol. The fourth-order valence-electron chi connectivity index (χ4n) is 2.14. The Labute approximate surface area is 132 Å². The quantitative estimate of drug-likeness (QED) is 0.767. The zero-order valence-corrected chi connectivity index (χ0v) is 13.1. The number of thioether (sulfide) groups is 1. The van der Waals surface area contributed by atoms with Crippen LogP contribution < -0.4 is 10.6 Å². The summed E-state index contributed by atoms with van der Waals surface area (Å²) in [6.45, 7) is 3.44. The highest BCUT2D eigenvalue weighted by Gasteiger charge is 2.30. The summed E-state index contributed by atoms with van der Waals surface area (Å²) in [5, 5.41) is 13.8. The molecule has 7 heteroatoms. The molecule has 22 heavy (non-hydrogen) atoms. The Kier molecular flexibility index (Phi) is 5.07. The molecule has 2 amide bonds. The lowest BCUT2D eigenvalue weighted by molar-refractivity contribution is -0.143. The van der Waals surface area contributed by atoms with Crippen molar-refractivity contribution >= 4 is 35.2 Å². The molecule has 2 rings (SSSR count). The molecule has 1 aliphatic rings. The number of anilines is 1. The number of carboxylic acid groups (broad SMARTS) is 1. The normalized spacial score (nSPS) is 18.3. The molecule has 1 aromatic rings. The van der Waals surface area contributed by atoms with Gasteiger partial charge >= 0.3 is 5.97 Å². The summed E-state index contributed by atoms with van der Waals surface area (Å²) in [6.07, 6.45) is -0.0542. The molecule has 0 bridgehead atoms. The Bertz CT molecular complexity index is 603. The van der Waals surface area contributed by atoms with E-state index >= 15 is 0 Å². The van der Waals surface area contributed by atoms with E-state index in [0.29, 0.717) is 0 Å². The highest BCUT2D eigenvalue weighted by atomic mass is 32.2. The van der Waals surface area contributed by atoms with Crippen LogP contribution in [-0.4, -0.2) is 34.2 Å². The Morgan fingerprint density at radius 1 is 1.36 bits per heavy atom. The minimum Gasteiger partial charge on any atom is -0.480 e. The first-order valence-corrected chi connectivity index (χ1v) is 7.85. The highest BCUT2D eigenvalue weighted by molar-refractivity contribution is 8.01. The summed E-state index contributed by atoms with van der Waals surface area (Å²) in [7, 11) is 0. The van der Waals surface area contributed by atoms with E-state index in [1.165, 1.54) is 11.8 Å². The third-order valence-electron chi connectivity index (χ3n) is 3.33. The van der Waals surface area contributed by atoms with Gasteiger partial charge in [-0.3, -0.25) is 9.59 Å². The van der Waals surface area contributed by atoms with Gasteiger partial charge in [-0.05, 0) is 18.1 Å². The Morgan fingerprint density at radius 3 is 2.68 bits per heavy atom. The van der Waals surface area contributed by atoms with Crippen LogP contribution in [-0.2, 0) is 14.4 Å². The second-order valence-electron chi connectivity index (χ2n) is 5.42. The van der Waals surface area contributed by atoms with Gasteiger partial charge in [0.05, 0.1) is 10.9 Å². The van der Waals surface area contributed by atoms with Crippen LogP contribution in [0.3, 0.4) is 0 Å². The number of fused-ring (bicyclic) bond motifs is 1. The zero-order valence-electron chi connectivity index (χ0n) is 12.3. The van der Waals surface area contributed by atoms with Crippen molar-refractivity contribution in [3.05, 3.63) is 24.3 Å². The molecule has 3 N–H and O–H groups in total. The van der Waals surface area contributed by atoms with Crippen molar-refractivity contribution in [2.75, 3.05) is 5.32 Å². The Balaban J connectivity index is 2.00. The van der Waals surface area contributed by atoms with E-state index in [4.69, 9.17) is 5.11 Å². The van der Waals surface area contributed by atoms with Gasteiger partial charge in [0.2, 0.25) is 11.8 Å². The molecule has 1 heterocycles. The molecular formula is C15H18N2O4S. The zero-order chi connectivity index (χ0) is 16.3. The van der Waals surface area contributed by atoms with Crippen LogP contribution in [0.25, 0.3) is 0 Å². The first kappa shape index (κ1) is 16.4. The van der Waals surface area contributed by atoms with Gasteiger partial charge in [-0.15, -0.1) is 11.8 Å². The van der Waals surface area contributed by atoms with Gasteiger partial charge in [0.25, 0.3) is 0 Å². The minimum absolute atomic E-state index is 0.0542. The topological polar surface area (TPSA) is 95.5 Å². The summed E-state index contributed by atoms with van der Waals surface area (Å²) in [6, 6.07) is 6.41. The maximum Gasteiger partial charge on any atom is 0.326 e. The van der Waals surface area contributed by atoms with Crippen LogP contribution in [0.2, 0.25) is 0 Å². The number of hydrogen-bond acceptors (Lipinski definition) is 4. The SMILES string of the molecule is CC(C)[C@H](NC(=O)C[C@H]1Sc2ccccc2NC1=O)C(=O)O. The van der Waals surface area contributed by atoms with Crippen LogP contribution in [0.5, 0.6) is 0 Å². The lowest BCUT2D eigenvalue weighted by Gasteiger charge is -2.24. The van der Waals surface area contributed by atoms with Crippen molar-refractivity contribution in [1.29, 1.82) is 0 Å². The predicted octanol–water partition coefficient (Wildman–Crippen LogP) is 1.71. The van der Waals surface area contributed by atoms with Crippen molar-refractivity contribution in [2.45, 2.75) is 36.5 Å². The van der Waals surface area contributed by atoms with Crippen LogP contribution in [0, 0.1) is 5.92 Å². The number of para-hydroxylation sites is 1. The van der Waals surface area contributed by atoms with Crippen molar-refractivity contribution in [1.82, 2.24) is 5.32 Å². The van der Waals surface area contributed by atoms with Crippen LogP contribution in [0.4, 0.5) is 5.69 Å². The number of benzene rings is 1. The van der Waals surface area contributed by atoms with E-state index in [1.54, 1.807) is 19.9 Å². The van der Waals surface area contributed by atoms with E-state index in [-0.39, 0.29) is 18.2 Å². The van der Waals surface area contributed by atoms with Gasteiger partial charge in [0.1, 0.15) is 6.04 Å². The average Bonchev–Trinajstić information content (AvgIpc) is 2.45. The van der Waals surface area contributed by atoms with Gasteiger partial charge in [0.15, 0.2) is 0 Å². The number of nitrogens with one attached hydrogen (secondary N) is 2. The Hall–Kier alpha value is -2.02. The van der Waals surface area contributed by atoms with Crippen molar-refractivity contribution < 1.29 is 19.5 Å². The summed E-state index contributed by atoms with van der Waals surface area (Å²) >= 11 is 1.32. The molecule has 0 spiro atoms. The maximum atomic E-state index is 12.0. The summed E-state index contributed by atoms with van der Waals surface area (Å²) < 4.78 is 0. The number of hydrogen-bond donors (Lipinski definition) is 3. The second kappa shape index (κ2) is 6.83. The minimum atomic E-state index is -1.07. The van der Waals surface area contributed by atoms with E-state index < -0.39 is 23.2 Å². The van der Waals surface area contributed by atoms with Gasteiger partial charge < -0.3 is 15.7 Å². The smallest absolute Gasteiger partial charge is 0.326 e. The summed E-state index contributed by atoms with van der Waals surface area (Å²) in [5.74, 6) is -1.98. The molecule has 1 aliphatic heterocycles. The molecule has 2 atom stereocenters. The molecular weight excluding hydrogens is 304 g/mol. The summed E-state index contributed by atoms with van der Waals surface area (Å²) in [4.78, 5) is 36.0. The second-order valence-corrected chi connectivity index (χ2v) is 6.67. The number of carbonyl (C=O) groups excluding carboxylic acids is 2. The van der Waals surface area contributed by atoms with E-state index in [2.05, 4.69) is 10.6 Å². The van der Waals surface area contributed by atoms with Crippen molar-refractivity contribution in [3.8, 4) is 0 Å². The largest absolute Gasteiger partial charge is 0.480 e. The summed E-state index contributed by atoms with van der Waals surface area (Å²) in [5.41, 5.74) is 0.736. The van der Waals surface area contributed by atoms with Gasteiger partial charge in [-0.1, -0.05) is 26.0 Å². The molecule has 0 aliphatic carbocycles. The van der Waals surface area contributed by atoms with Crippen LogP contribution in [0.1, 0.15) is 20.3 Å². The number of aliphatic carboxylic acids is 1. The first-order valence-electron chi connectivity index (χ1n) is 6.97. The fraction of sp³-hybridized carbons (Fsp3) is 0.400. The van der Waals surface area contributed by atoms with E-state index in [1.807, 2.05) is 18.2 Å². The highest BCUT2D eigenvalue weighted by Crippen LogP contribution is 2.36. The van der Waals surface area contributed by atoms with Crippen molar-refractivity contribution in [3.63, 3.8) is 0 Å². The van der Waals surface area contributed by atoms with E-state index in [0.717, 1.165) is 10.6 Å². The molecule has 6 nitrogen and oxygen atoms in total. The monoisotopic (exact) mass is 322 g/mol.